The summed E-state index contributed by atoms with van der Waals surface area (Å²) in [7, 11) is 1.70. The van der Waals surface area contributed by atoms with Crippen LogP contribution >= 0.6 is 11.8 Å². The molecule has 3 aromatic carbocycles. The van der Waals surface area contributed by atoms with Gasteiger partial charge in [-0.2, -0.15) is 0 Å². The number of hydrogen-bond donors (Lipinski definition) is 1. The smallest absolute Gasteiger partial charge is 0.231 e. The summed E-state index contributed by atoms with van der Waals surface area (Å²) in [5, 5.41) is 10.2. The molecule has 0 spiro atoms. The molecule has 2 heterocycles. The number of ether oxygens (including phenoxy) is 3. The maximum Gasteiger partial charge on any atom is 0.231 e. The lowest BCUT2D eigenvalue weighted by atomic mass is 10.1. The van der Waals surface area contributed by atoms with Crippen molar-refractivity contribution < 1.29 is 19.3 Å². The van der Waals surface area contributed by atoms with E-state index in [0.29, 0.717) is 11.0 Å². The van der Waals surface area contributed by atoms with Crippen LogP contribution in [0.2, 0.25) is 0 Å². The lowest BCUT2D eigenvalue weighted by Crippen LogP contribution is -2.23. The summed E-state index contributed by atoms with van der Waals surface area (Å²) in [4.78, 5) is 3.57. The van der Waals surface area contributed by atoms with E-state index >= 15 is 0 Å². The monoisotopic (exact) mass is 421 g/mol. The lowest BCUT2D eigenvalue weighted by molar-refractivity contribution is 0.174. The molecule has 1 atom stereocenters. The minimum Gasteiger partial charge on any atom is -0.508 e. The Hall–Kier alpha value is -2.99. The molecule has 0 amide bonds. The third-order valence-corrected chi connectivity index (χ3v) is 6.86. The van der Waals surface area contributed by atoms with Crippen molar-refractivity contribution in [3.63, 3.8) is 0 Å². The molecule has 0 bridgehead atoms. The number of fused-ring (bicyclic) bond motifs is 2. The van der Waals surface area contributed by atoms with E-state index in [1.807, 2.05) is 36.0 Å². The summed E-state index contributed by atoms with van der Waals surface area (Å²) in [6.45, 7) is 1.93. The van der Waals surface area contributed by atoms with Crippen molar-refractivity contribution in [1.82, 2.24) is 0 Å². The van der Waals surface area contributed by atoms with E-state index < -0.39 is 0 Å². The van der Waals surface area contributed by atoms with Crippen LogP contribution in [-0.2, 0) is 6.54 Å². The van der Waals surface area contributed by atoms with Gasteiger partial charge in [-0.05, 0) is 60.0 Å². The van der Waals surface area contributed by atoms with E-state index in [2.05, 4.69) is 35.2 Å². The Bertz CT molecular complexity index is 1070. The molecule has 0 saturated carbocycles. The zero-order valence-corrected chi connectivity index (χ0v) is 17.5. The molecule has 30 heavy (non-hydrogen) atoms. The van der Waals surface area contributed by atoms with Gasteiger partial charge in [-0.15, -0.1) is 11.8 Å². The molecule has 0 aromatic heterocycles. The second-order valence-corrected chi connectivity index (χ2v) is 8.68. The molecule has 5 rings (SSSR count). The van der Waals surface area contributed by atoms with Crippen LogP contribution < -0.4 is 19.1 Å². The molecule has 3 aromatic rings. The van der Waals surface area contributed by atoms with Crippen molar-refractivity contribution in [1.29, 1.82) is 0 Å². The van der Waals surface area contributed by atoms with Crippen LogP contribution in [0.25, 0.3) is 0 Å². The van der Waals surface area contributed by atoms with Gasteiger partial charge in [0.25, 0.3) is 0 Å². The predicted molar refractivity (Wildman–Crippen MR) is 118 cm³/mol. The third-order valence-electron chi connectivity index (χ3n) is 5.49. The van der Waals surface area contributed by atoms with Crippen molar-refractivity contribution in [2.24, 2.45) is 0 Å². The van der Waals surface area contributed by atoms with E-state index in [4.69, 9.17) is 14.2 Å². The number of nitrogens with zero attached hydrogens (tertiary/aromatic N) is 1. The molecule has 0 fully saturated rings. The van der Waals surface area contributed by atoms with E-state index in [1.54, 1.807) is 13.2 Å². The van der Waals surface area contributed by atoms with Crippen LogP contribution in [0.15, 0.2) is 65.6 Å². The van der Waals surface area contributed by atoms with Gasteiger partial charge in [-0.25, -0.2) is 0 Å². The first-order valence-electron chi connectivity index (χ1n) is 9.97. The fourth-order valence-electron chi connectivity index (χ4n) is 3.97. The van der Waals surface area contributed by atoms with Gasteiger partial charge >= 0.3 is 0 Å². The van der Waals surface area contributed by atoms with Crippen molar-refractivity contribution in [3.05, 3.63) is 71.8 Å². The highest BCUT2D eigenvalue weighted by Gasteiger charge is 2.26. The van der Waals surface area contributed by atoms with Gasteiger partial charge < -0.3 is 24.2 Å². The predicted octanol–water partition coefficient (Wildman–Crippen LogP) is 5.37. The number of hydrogen-bond acceptors (Lipinski definition) is 6. The molecule has 1 unspecified atom stereocenters. The van der Waals surface area contributed by atoms with Crippen LogP contribution in [0.4, 0.5) is 5.69 Å². The molecular formula is C24H23NO4S. The Morgan fingerprint density at radius 1 is 1.07 bits per heavy atom. The number of phenols is 1. The minimum atomic E-state index is 0.286. The Balaban J connectivity index is 1.48. The second-order valence-electron chi connectivity index (χ2n) is 7.43. The molecule has 2 aliphatic rings. The van der Waals surface area contributed by atoms with Crippen LogP contribution in [0, 0.1) is 0 Å². The standard InChI is InChI=1S/C24H23NO4S/c1-27-19-6-7-20-24(13-19)30-23(17-5-8-21-22(12-17)29-15-28-21)9-10-25(20)14-16-3-2-4-18(26)11-16/h2-8,11-13,23,26H,9-10,14-15H2,1H3. The van der Waals surface area contributed by atoms with Crippen LogP contribution in [0.3, 0.4) is 0 Å². The number of aromatic hydroxyl groups is 1. The zero-order chi connectivity index (χ0) is 20.5. The van der Waals surface area contributed by atoms with Crippen molar-refractivity contribution in [3.8, 4) is 23.0 Å². The average molecular weight is 422 g/mol. The van der Waals surface area contributed by atoms with Crippen molar-refractivity contribution in [2.45, 2.75) is 23.1 Å². The highest BCUT2D eigenvalue weighted by molar-refractivity contribution is 7.99. The number of rotatable bonds is 4. The number of anilines is 1. The summed E-state index contributed by atoms with van der Waals surface area (Å²) in [5.41, 5.74) is 3.51. The van der Waals surface area contributed by atoms with Gasteiger partial charge in [-0.3, -0.25) is 0 Å². The molecule has 0 aliphatic carbocycles. The maximum absolute atomic E-state index is 9.87. The number of thioether (sulfide) groups is 1. The van der Waals surface area contributed by atoms with E-state index in [9.17, 15) is 5.11 Å². The van der Waals surface area contributed by atoms with Crippen LogP contribution in [-0.4, -0.2) is 25.6 Å². The highest BCUT2D eigenvalue weighted by Crippen LogP contribution is 2.48. The van der Waals surface area contributed by atoms with E-state index in [-0.39, 0.29) is 6.79 Å². The molecule has 1 N–H and O–H groups in total. The first kappa shape index (κ1) is 19.0. The minimum absolute atomic E-state index is 0.286. The van der Waals surface area contributed by atoms with Gasteiger partial charge in [0.1, 0.15) is 11.5 Å². The van der Waals surface area contributed by atoms with Crippen molar-refractivity contribution >= 4 is 17.4 Å². The number of phenolic OH excluding ortho intramolecular Hbond substituents is 1. The average Bonchev–Trinajstić information content (AvgIpc) is 3.16. The second kappa shape index (κ2) is 8.03. The highest BCUT2D eigenvalue weighted by atomic mass is 32.2. The van der Waals surface area contributed by atoms with Gasteiger partial charge in [0, 0.05) is 23.2 Å². The maximum atomic E-state index is 9.87. The first-order chi connectivity index (χ1) is 14.7. The summed E-state index contributed by atoms with van der Waals surface area (Å²) in [6.07, 6.45) is 0.986. The fraction of sp³-hybridized carbons (Fsp3) is 0.250. The summed E-state index contributed by atoms with van der Waals surface area (Å²) in [6, 6.07) is 20.0. The fourth-order valence-corrected chi connectivity index (χ4v) is 5.28. The largest absolute Gasteiger partial charge is 0.508 e. The van der Waals surface area contributed by atoms with Gasteiger partial charge in [0.15, 0.2) is 11.5 Å². The third kappa shape index (κ3) is 3.75. The molecular weight excluding hydrogens is 398 g/mol. The summed E-state index contributed by atoms with van der Waals surface area (Å²) >= 11 is 1.86. The molecule has 0 saturated heterocycles. The number of methoxy groups -OCH3 is 1. The van der Waals surface area contributed by atoms with Gasteiger partial charge in [0.05, 0.1) is 12.8 Å². The van der Waals surface area contributed by atoms with E-state index in [1.165, 1.54) is 16.1 Å². The molecule has 5 nitrogen and oxygen atoms in total. The molecule has 0 radical (unpaired) electrons. The lowest BCUT2D eigenvalue weighted by Gasteiger charge is -2.25. The summed E-state index contributed by atoms with van der Waals surface area (Å²) in [5.74, 6) is 2.78. The van der Waals surface area contributed by atoms with Crippen LogP contribution in [0.5, 0.6) is 23.0 Å². The Morgan fingerprint density at radius 3 is 2.83 bits per heavy atom. The molecule has 154 valence electrons. The normalized spacial score (nSPS) is 17.4. The zero-order valence-electron chi connectivity index (χ0n) is 16.7. The quantitative estimate of drug-likeness (QED) is 0.611. The van der Waals surface area contributed by atoms with Crippen LogP contribution in [0.1, 0.15) is 22.8 Å². The van der Waals surface area contributed by atoms with E-state index in [0.717, 1.165) is 42.3 Å². The van der Waals surface area contributed by atoms with Gasteiger partial charge in [0.2, 0.25) is 6.79 Å². The molecule has 2 aliphatic heterocycles. The Morgan fingerprint density at radius 2 is 1.97 bits per heavy atom. The van der Waals surface area contributed by atoms with Crippen molar-refractivity contribution in [2.75, 3.05) is 25.3 Å². The van der Waals surface area contributed by atoms with Gasteiger partial charge in [-0.1, -0.05) is 18.2 Å². The number of benzene rings is 3. The Labute approximate surface area is 180 Å². The SMILES string of the molecule is COc1ccc2c(c1)SC(c1ccc3c(c1)OCO3)CCN2Cc1cccc(O)c1. The first-order valence-corrected chi connectivity index (χ1v) is 10.8. The molecule has 6 heteroatoms. The Kier molecular flexibility index (Phi) is 5.09. The topological polar surface area (TPSA) is 51.2 Å². The summed E-state index contributed by atoms with van der Waals surface area (Å²) < 4.78 is 16.6.